The highest BCUT2D eigenvalue weighted by Gasteiger charge is 2.52. The van der Waals surface area contributed by atoms with Crippen molar-refractivity contribution >= 4 is 17.1 Å². The van der Waals surface area contributed by atoms with Crippen molar-refractivity contribution in [3.8, 4) is 33.4 Å². The molecule has 0 bridgehead atoms. The Morgan fingerprint density at radius 1 is 0.383 bits per heavy atom. The van der Waals surface area contributed by atoms with E-state index in [1.807, 2.05) is 0 Å². The van der Waals surface area contributed by atoms with Crippen LogP contribution in [0.4, 0.5) is 17.1 Å². The highest BCUT2D eigenvalue weighted by molar-refractivity contribution is 5.99. The molecule has 0 fully saturated rings. The Kier molecular flexibility index (Phi) is 5.33. The summed E-state index contributed by atoms with van der Waals surface area (Å²) in [6.45, 7) is 4.76. The van der Waals surface area contributed by atoms with Gasteiger partial charge in [0.25, 0.3) is 0 Å². The molecule has 3 aliphatic rings. The third-order valence-electron chi connectivity index (χ3n) is 11.1. The summed E-state index contributed by atoms with van der Waals surface area (Å²) in [5.41, 5.74) is 19.2. The molecule has 1 nitrogen and oxygen atoms in total. The Labute approximate surface area is 276 Å². The van der Waals surface area contributed by atoms with Crippen molar-refractivity contribution in [2.45, 2.75) is 24.7 Å². The van der Waals surface area contributed by atoms with Gasteiger partial charge in [0.15, 0.2) is 0 Å². The minimum Gasteiger partial charge on any atom is -0.310 e. The largest absolute Gasteiger partial charge is 0.310 e. The summed E-state index contributed by atoms with van der Waals surface area (Å²) in [6, 6.07) is 61.1. The average Bonchev–Trinajstić information content (AvgIpc) is 3.60. The third-order valence-corrected chi connectivity index (χ3v) is 11.1. The summed E-state index contributed by atoms with van der Waals surface area (Å²) < 4.78 is 0. The summed E-state index contributed by atoms with van der Waals surface area (Å²) in [5.74, 6) is 0. The van der Waals surface area contributed by atoms with E-state index in [9.17, 15) is 0 Å². The zero-order valence-electron chi connectivity index (χ0n) is 26.5. The quantitative estimate of drug-likeness (QED) is 0.191. The first kappa shape index (κ1) is 26.5. The predicted molar refractivity (Wildman–Crippen MR) is 195 cm³/mol. The maximum Gasteiger partial charge on any atom is 0.0731 e. The van der Waals surface area contributed by atoms with Crippen LogP contribution in [-0.4, -0.2) is 0 Å². The van der Waals surface area contributed by atoms with E-state index < -0.39 is 0 Å². The molecular formula is C46H33N. The van der Waals surface area contributed by atoms with E-state index >= 15 is 0 Å². The van der Waals surface area contributed by atoms with E-state index in [0.717, 1.165) is 0 Å². The number of anilines is 3. The predicted octanol–water partition coefficient (Wildman–Crippen LogP) is 11.8. The van der Waals surface area contributed by atoms with Gasteiger partial charge in [-0.3, -0.25) is 0 Å². The molecule has 0 unspecified atom stereocenters. The van der Waals surface area contributed by atoms with Gasteiger partial charge in [0.05, 0.1) is 16.8 Å². The van der Waals surface area contributed by atoms with Crippen LogP contribution in [0.1, 0.15) is 47.2 Å². The molecule has 1 heteroatoms. The van der Waals surface area contributed by atoms with Gasteiger partial charge in [-0.2, -0.15) is 0 Å². The van der Waals surface area contributed by atoms with Gasteiger partial charge in [-0.05, 0) is 97.1 Å². The molecule has 47 heavy (non-hydrogen) atoms. The topological polar surface area (TPSA) is 3.24 Å². The van der Waals surface area contributed by atoms with Crippen LogP contribution in [0.25, 0.3) is 33.4 Å². The van der Waals surface area contributed by atoms with Crippen molar-refractivity contribution in [2.75, 3.05) is 4.90 Å². The van der Waals surface area contributed by atoms with Crippen LogP contribution in [0.3, 0.4) is 0 Å². The van der Waals surface area contributed by atoms with E-state index in [4.69, 9.17) is 0 Å². The molecule has 0 aromatic heterocycles. The summed E-state index contributed by atoms with van der Waals surface area (Å²) in [7, 11) is 0. The molecule has 0 atom stereocenters. The molecule has 7 aromatic carbocycles. The first-order valence-electron chi connectivity index (χ1n) is 16.6. The van der Waals surface area contributed by atoms with Crippen molar-refractivity contribution < 1.29 is 0 Å². The van der Waals surface area contributed by atoms with E-state index in [-0.39, 0.29) is 10.8 Å². The van der Waals surface area contributed by atoms with Crippen molar-refractivity contribution in [1.82, 2.24) is 0 Å². The maximum atomic E-state index is 2.49. The molecule has 10 rings (SSSR count). The molecule has 0 radical (unpaired) electrons. The molecule has 0 saturated heterocycles. The van der Waals surface area contributed by atoms with Gasteiger partial charge >= 0.3 is 0 Å². The second kappa shape index (κ2) is 9.44. The molecule has 0 saturated carbocycles. The molecular weight excluding hydrogens is 567 g/mol. The minimum atomic E-state index is -0.385. The standard InChI is InChI=1S/C46H33N/c1-45(2)40-25-12-13-26-42(40)47(31-15-4-3-5-16-31)43-28-27-30(29-41(43)45)32-20-14-21-36-35-19-8-11-24-39(35)46(44(32)36)37-22-9-6-17-33(37)34-18-7-10-23-38(34)46/h3-29H,1-2H3. The second-order valence-electron chi connectivity index (χ2n) is 13.7. The lowest BCUT2D eigenvalue weighted by Crippen LogP contribution is -2.30. The monoisotopic (exact) mass is 599 g/mol. The van der Waals surface area contributed by atoms with E-state index in [1.54, 1.807) is 0 Å². The van der Waals surface area contributed by atoms with E-state index in [1.165, 1.54) is 83.8 Å². The minimum absolute atomic E-state index is 0.182. The number of hydrogen-bond acceptors (Lipinski definition) is 1. The average molecular weight is 600 g/mol. The lowest BCUT2D eigenvalue weighted by Gasteiger charge is -2.42. The number of hydrogen-bond donors (Lipinski definition) is 0. The number of fused-ring (bicyclic) bond motifs is 12. The number of benzene rings is 7. The fourth-order valence-corrected chi connectivity index (χ4v) is 9.12. The lowest BCUT2D eigenvalue weighted by molar-refractivity contribution is 0.632. The third kappa shape index (κ3) is 3.34. The first-order valence-corrected chi connectivity index (χ1v) is 16.6. The van der Waals surface area contributed by atoms with Crippen molar-refractivity contribution in [3.63, 3.8) is 0 Å². The van der Waals surface area contributed by atoms with Gasteiger partial charge in [-0.25, -0.2) is 0 Å². The maximum absolute atomic E-state index is 2.49. The fraction of sp³-hybridized carbons (Fsp3) is 0.0870. The smallest absolute Gasteiger partial charge is 0.0731 e. The Balaban J connectivity index is 1.27. The molecule has 1 heterocycles. The number of rotatable bonds is 2. The van der Waals surface area contributed by atoms with Crippen LogP contribution in [0.15, 0.2) is 164 Å². The molecule has 222 valence electrons. The van der Waals surface area contributed by atoms with Crippen LogP contribution in [-0.2, 0) is 10.8 Å². The Morgan fingerprint density at radius 3 is 1.53 bits per heavy atom. The summed E-state index contributed by atoms with van der Waals surface area (Å²) in [5, 5.41) is 0. The van der Waals surface area contributed by atoms with Crippen molar-refractivity contribution in [3.05, 3.63) is 197 Å². The van der Waals surface area contributed by atoms with Crippen LogP contribution in [0.2, 0.25) is 0 Å². The Morgan fingerprint density at radius 2 is 0.872 bits per heavy atom. The normalized spacial score (nSPS) is 15.3. The summed E-state index contributed by atoms with van der Waals surface area (Å²) in [4.78, 5) is 2.44. The van der Waals surface area contributed by atoms with Gasteiger partial charge < -0.3 is 4.90 Å². The summed E-state index contributed by atoms with van der Waals surface area (Å²) >= 11 is 0. The Hall–Kier alpha value is -5.66. The zero-order chi connectivity index (χ0) is 31.3. The van der Waals surface area contributed by atoms with Crippen LogP contribution in [0.5, 0.6) is 0 Å². The lowest BCUT2D eigenvalue weighted by atomic mass is 9.68. The number of para-hydroxylation sites is 2. The van der Waals surface area contributed by atoms with E-state index in [2.05, 4.69) is 183 Å². The van der Waals surface area contributed by atoms with Crippen LogP contribution >= 0.6 is 0 Å². The Bertz CT molecular complexity index is 2330. The van der Waals surface area contributed by atoms with Crippen LogP contribution < -0.4 is 4.90 Å². The van der Waals surface area contributed by atoms with Crippen molar-refractivity contribution in [2.24, 2.45) is 0 Å². The second-order valence-corrected chi connectivity index (χ2v) is 13.7. The zero-order valence-corrected chi connectivity index (χ0v) is 26.5. The van der Waals surface area contributed by atoms with Gasteiger partial charge in [-0.1, -0.05) is 147 Å². The molecule has 0 amide bonds. The SMILES string of the molecule is CC1(C)c2ccccc2N(c2ccccc2)c2ccc(-c3cccc4c3C3(c5ccccc5-c5ccccc53)c3ccccc3-4)cc21. The van der Waals surface area contributed by atoms with Crippen molar-refractivity contribution in [1.29, 1.82) is 0 Å². The highest BCUT2D eigenvalue weighted by atomic mass is 15.2. The molecule has 1 spiro atoms. The van der Waals surface area contributed by atoms with Gasteiger partial charge in [0, 0.05) is 11.1 Å². The van der Waals surface area contributed by atoms with Gasteiger partial charge in [-0.15, -0.1) is 0 Å². The fourth-order valence-electron chi connectivity index (χ4n) is 9.12. The molecule has 0 N–H and O–H groups in total. The van der Waals surface area contributed by atoms with E-state index in [0.29, 0.717) is 0 Å². The van der Waals surface area contributed by atoms with Gasteiger partial charge in [0.1, 0.15) is 0 Å². The number of nitrogens with zero attached hydrogens (tertiary/aromatic N) is 1. The first-order chi connectivity index (χ1) is 23.1. The van der Waals surface area contributed by atoms with Gasteiger partial charge in [0.2, 0.25) is 0 Å². The van der Waals surface area contributed by atoms with Crippen LogP contribution in [0, 0.1) is 0 Å². The highest BCUT2D eigenvalue weighted by Crippen LogP contribution is 2.64. The summed E-state index contributed by atoms with van der Waals surface area (Å²) in [6.07, 6.45) is 0. The molecule has 2 aliphatic carbocycles. The molecule has 7 aromatic rings. The molecule has 1 aliphatic heterocycles.